The summed E-state index contributed by atoms with van der Waals surface area (Å²) in [5, 5.41) is 12.3. The van der Waals surface area contributed by atoms with E-state index in [1.807, 2.05) is 11.9 Å². The molecule has 21 heavy (non-hydrogen) atoms. The van der Waals surface area contributed by atoms with E-state index in [0.29, 0.717) is 0 Å². The van der Waals surface area contributed by atoms with E-state index in [1.54, 1.807) is 18.8 Å². The van der Waals surface area contributed by atoms with Crippen LogP contribution in [0.1, 0.15) is 37.5 Å². The first-order valence-corrected chi connectivity index (χ1v) is 7.90. The first-order valence-electron chi connectivity index (χ1n) is 7.02. The second-order valence-electron chi connectivity index (χ2n) is 6.72. The lowest BCUT2D eigenvalue weighted by Gasteiger charge is -2.32. The maximum Gasteiger partial charge on any atom is 0.178 e. The first kappa shape index (κ1) is 16.8. The van der Waals surface area contributed by atoms with Gasteiger partial charge in [-0.2, -0.15) is 0 Å². The molecule has 2 atom stereocenters. The predicted octanol–water partition coefficient (Wildman–Crippen LogP) is 3.30. The lowest BCUT2D eigenvalue weighted by atomic mass is 9.85. The molecule has 3 rings (SSSR count). The molecule has 3 nitrogen and oxygen atoms in total. The van der Waals surface area contributed by atoms with Gasteiger partial charge in [0.25, 0.3) is 0 Å². The van der Waals surface area contributed by atoms with E-state index in [1.165, 1.54) is 11.1 Å². The van der Waals surface area contributed by atoms with Crippen molar-refractivity contribution < 1.29 is 5.11 Å². The fraction of sp³-hybridized carbons (Fsp3) is 0.562. The van der Waals surface area contributed by atoms with Crippen molar-refractivity contribution in [2.45, 2.75) is 43.6 Å². The van der Waals surface area contributed by atoms with E-state index in [9.17, 15) is 5.11 Å². The molecular weight excluding hydrogens is 348 g/mol. The Morgan fingerprint density at radius 1 is 1.38 bits per heavy atom. The zero-order chi connectivity index (χ0) is 14.7. The summed E-state index contributed by atoms with van der Waals surface area (Å²) < 4.78 is 0. The van der Waals surface area contributed by atoms with Crippen LogP contribution in [0.15, 0.2) is 23.2 Å². The Kier molecular flexibility index (Phi) is 4.24. The Balaban J connectivity index is 0.00000161. The smallest absolute Gasteiger partial charge is 0.178 e. The number of aliphatic imine (C=N–C) groups is 1. The van der Waals surface area contributed by atoms with Crippen molar-refractivity contribution in [1.82, 2.24) is 4.90 Å². The summed E-state index contributed by atoms with van der Waals surface area (Å²) in [5.41, 5.74) is 2.78. The molecule has 2 unspecified atom stereocenters. The van der Waals surface area contributed by atoms with Crippen LogP contribution in [0.3, 0.4) is 0 Å². The van der Waals surface area contributed by atoms with Gasteiger partial charge >= 0.3 is 0 Å². The highest BCUT2D eigenvalue weighted by atomic mass is 79.9. The van der Waals surface area contributed by atoms with Crippen LogP contribution in [-0.4, -0.2) is 34.5 Å². The van der Waals surface area contributed by atoms with Crippen molar-refractivity contribution in [2.75, 3.05) is 14.1 Å². The molecule has 116 valence electrons. The summed E-state index contributed by atoms with van der Waals surface area (Å²) in [6.07, 6.45) is 0.907. The van der Waals surface area contributed by atoms with Crippen LogP contribution < -0.4 is 0 Å². The number of thioether (sulfide) groups is 1. The Labute approximate surface area is 141 Å². The van der Waals surface area contributed by atoms with Gasteiger partial charge in [-0.3, -0.25) is 4.99 Å². The lowest BCUT2D eigenvalue weighted by molar-refractivity contribution is -0.0497. The summed E-state index contributed by atoms with van der Waals surface area (Å²) in [7, 11) is 3.73. The Hall–Kier alpha value is -0.520. The van der Waals surface area contributed by atoms with E-state index in [4.69, 9.17) is 0 Å². The molecule has 5 heteroatoms. The maximum absolute atomic E-state index is 11.3. The average Bonchev–Trinajstić information content (AvgIpc) is 2.79. The van der Waals surface area contributed by atoms with Crippen LogP contribution in [0.5, 0.6) is 0 Å². The quantitative estimate of drug-likeness (QED) is 0.760. The van der Waals surface area contributed by atoms with Gasteiger partial charge in [0, 0.05) is 19.7 Å². The van der Waals surface area contributed by atoms with Crippen LogP contribution >= 0.6 is 28.7 Å². The second-order valence-corrected chi connectivity index (χ2v) is 7.89. The zero-order valence-electron chi connectivity index (χ0n) is 13.2. The zero-order valence-corrected chi connectivity index (χ0v) is 15.7. The Morgan fingerprint density at radius 3 is 2.62 bits per heavy atom. The minimum absolute atomic E-state index is 0. The molecule has 0 spiro atoms. The molecule has 1 saturated heterocycles. The van der Waals surface area contributed by atoms with Gasteiger partial charge in [-0.25, -0.2) is 0 Å². The molecule has 0 amide bonds. The van der Waals surface area contributed by atoms with Crippen molar-refractivity contribution in [2.24, 2.45) is 4.99 Å². The van der Waals surface area contributed by atoms with Gasteiger partial charge in [0.15, 0.2) is 10.9 Å². The van der Waals surface area contributed by atoms with Gasteiger partial charge in [-0.05, 0) is 23.0 Å². The van der Waals surface area contributed by atoms with Crippen LogP contribution in [0.4, 0.5) is 0 Å². The fourth-order valence-electron chi connectivity index (χ4n) is 3.15. The molecule has 0 aromatic heterocycles. The van der Waals surface area contributed by atoms with Crippen molar-refractivity contribution in [1.29, 1.82) is 0 Å². The Bertz CT molecular complexity index is 596. The molecular formula is C16H23BrN2OS. The van der Waals surface area contributed by atoms with Crippen LogP contribution in [0, 0.1) is 0 Å². The van der Waals surface area contributed by atoms with Crippen molar-refractivity contribution in [3.63, 3.8) is 0 Å². The van der Waals surface area contributed by atoms with Crippen molar-refractivity contribution in [3.05, 3.63) is 34.9 Å². The largest absolute Gasteiger partial charge is 0.366 e. The molecule has 0 bridgehead atoms. The van der Waals surface area contributed by atoms with Gasteiger partial charge in [-0.1, -0.05) is 50.7 Å². The highest BCUT2D eigenvalue weighted by molar-refractivity contribution is 8.93. The van der Waals surface area contributed by atoms with Crippen molar-refractivity contribution >= 4 is 33.9 Å². The fourth-order valence-corrected chi connectivity index (χ4v) is 4.52. The van der Waals surface area contributed by atoms with Crippen LogP contribution in [0.2, 0.25) is 0 Å². The van der Waals surface area contributed by atoms with Crippen LogP contribution in [-0.2, 0) is 17.6 Å². The van der Waals surface area contributed by atoms with E-state index in [2.05, 4.69) is 44.0 Å². The van der Waals surface area contributed by atoms with Crippen molar-refractivity contribution in [3.8, 4) is 0 Å². The summed E-state index contributed by atoms with van der Waals surface area (Å²) in [5.74, 6) is 0. The highest BCUT2D eigenvalue weighted by Crippen LogP contribution is 2.51. The average molecular weight is 371 g/mol. The van der Waals surface area contributed by atoms with Gasteiger partial charge in [-0.15, -0.1) is 17.0 Å². The number of aliphatic hydroxyl groups is 1. The molecule has 0 radical (unpaired) electrons. The topological polar surface area (TPSA) is 35.8 Å². The third-order valence-corrected chi connectivity index (χ3v) is 5.91. The van der Waals surface area contributed by atoms with Gasteiger partial charge in [0.05, 0.1) is 5.25 Å². The third kappa shape index (κ3) is 2.34. The summed E-state index contributed by atoms with van der Waals surface area (Å²) in [6, 6.07) is 6.57. The van der Waals surface area contributed by atoms with E-state index in [-0.39, 0.29) is 27.6 Å². The molecule has 1 fully saturated rings. The molecule has 1 aromatic rings. The SMILES string of the molecule is Br.CN=C1SC2Cc3ccc(C(C)(C)C)cc3C2(O)N1C. The van der Waals surface area contributed by atoms with E-state index < -0.39 is 5.72 Å². The predicted molar refractivity (Wildman–Crippen MR) is 95.6 cm³/mol. The number of fused-ring (bicyclic) bond motifs is 3. The second kappa shape index (κ2) is 5.28. The first-order chi connectivity index (χ1) is 9.28. The molecule has 1 aliphatic carbocycles. The molecule has 1 N–H and O–H groups in total. The van der Waals surface area contributed by atoms with E-state index >= 15 is 0 Å². The maximum atomic E-state index is 11.3. The Morgan fingerprint density at radius 2 is 2.05 bits per heavy atom. The van der Waals surface area contributed by atoms with E-state index in [0.717, 1.165) is 17.2 Å². The molecule has 1 heterocycles. The number of rotatable bonds is 0. The van der Waals surface area contributed by atoms with Gasteiger partial charge in [0.2, 0.25) is 0 Å². The van der Waals surface area contributed by atoms with Gasteiger partial charge < -0.3 is 10.0 Å². The minimum Gasteiger partial charge on any atom is -0.366 e. The normalized spacial score (nSPS) is 29.3. The third-order valence-electron chi connectivity index (χ3n) is 4.46. The molecule has 2 aliphatic rings. The number of nitrogens with zero attached hydrogens (tertiary/aromatic N) is 2. The number of halogens is 1. The minimum atomic E-state index is -0.907. The standard InChI is InChI=1S/C16H22N2OS.BrH/c1-15(2,3)11-7-6-10-8-13-16(19,12(10)9-11)18(5)14(17-4)20-13;/h6-7,9,13,19H,8H2,1-5H3;1H. The summed E-state index contributed by atoms with van der Waals surface area (Å²) >= 11 is 1.68. The molecule has 0 saturated carbocycles. The summed E-state index contributed by atoms with van der Waals surface area (Å²) in [6.45, 7) is 6.62. The number of hydrogen-bond donors (Lipinski definition) is 1. The highest BCUT2D eigenvalue weighted by Gasteiger charge is 2.55. The van der Waals surface area contributed by atoms with Crippen LogP contribution in [0.25, 0.3) is 0 Å². The molecule has 1 aromatic carbocycles. The van der Waals surface area contributed by atoms with Gasteiger partial charge in [0.1, 0.15) is 0 Å². The monoisotopic (exact) mass is 370 g/mol. The lowest BCUT2D eigenvalue weighted by Crippen LogP contribution is -2.44. The molecule has 1 aliphatic heterocycles. The number of hydrogen-bond acceptors (Lipinski definition) is 3. The summed E-state index contributed by atoms with van der Waals surface area (Å²) in [4.78, 5) is 6.22. The number of benzene rings is 1. The number of amidine groups is 1.